The number of rotatable bonds is 1. The van der Waals surface area contributed by atoms with Crippen LogP contribution in [0.25, 0.3) is 0 Å². The minimum Gasteiger partial charge on any atom is -0.341 e. The molecule has 2 atom stereocenters. The molecule has 2 N–H and O–H groups in total. The highest BCUT2D eigenvalue weighted by atomic mass is 16.2. The molecule has 0 saturated carbocycles. The molecule has 2 fully saturated rings. The van der Waals surface area contributed by atoms with Crippen LogP contribution < -0.4 is 10.6 Å². The summed E-state index contributed by atoms with van der Waals surface area (Å²) in [4.78, 5) is 14.2. The molecule has 0 bridgehead atoms. The van der Waals surface area contributed by atoms with Gasteiger partial charge in [0.15, 0.2) is 0 Å². The van der Waals surface area contributed by atoms with Crippen molar-refractivity contribution in [3.63, 3.8) is 0 Å². The minimum atomic E-state index is -0.0231. The summed E-state index contributed by atoms with van der Waals surface area (Å²) in [7, 11) is 0. The highest BCUT2D eigenvalue weighted by molar-refractivity contribution is 5.82. The summed E-state index contributed by atoms with van der Waals surface area (Å²) in [6, 6.07) is 0.448. The first-order valence-corrected chi connectivity index (χ1v) is 6.23. The molecule has 0 aromatic carbocycles. The van der Waals surface area contributed by atoms with Gasteiger partial charge < -0.3 is 15.5 Å². The number of amides is 1. The van der Waals surface area contributed by atoms with Crippen molar-refractivity contribution >= 4 is 5.91 Å². The highest BCUT2D eigenvalue weighted by Gasteiger charge is 2.35. The van der Waals surface area contributed by atoms with Crippen molar-refractivity contribution in [2.45, 2.75) is 39.3 Å². The molecule has 2 aliphatic heterocycles. The third-order valence-electron chi connectivity index (χ3n) is 3.63. The van der Waals surface area contributed by atoms with E-state index in [4.69, 9.17) is 0 Å². The quantitative estimate of drug-likeness (QED) is 0.670. The van der Waals surface area contributed by atoms with Crippen LogP contribution in [0.5, 0.6) is 0 Å². The second kappa shape index (κ2) is 4.34. The van der Waals surface area contributed by atoms with E-state index in [9.17, 15) is 4.79 Å². The van der Waals surface area contributed by atoms with E-state index >= 15 is 0 Å². The van der Waals surface area contributed by atoms with Gasteiger partial charge in [-0.15, -0.1) is 0 Å². The average molecular weight is 225 g/mol. The molecular weight excluding hydrogens is 202 g/mol. The third-order valence-corrected chi connectivity index (χ3v) is 3.63. The minimum absolute atomic E-state index is 0.0231. The number of carbonyl (C=O) groups is 1. The predicted octanol–water partition coefficient (Wildman–Crippen LogP) is 0.195. The highest BCUT2D eigenvalue weighted by Crippen LogP contribution is 2.29. The first-order valence-electron chi connectivity index (χ1n) is 6.23. The van der Waals surface area contributed by atoms with Gasteiger partial charge >= 0.3 is 0 Å². The van der Waals surface area contributed by atoms with Crippen LogP contribution in [0.2, 0.25) is 0 Å². The van der Waals surface area contributed by atoms with Crippen LogP contribution >= 0.6 is 0 Å². The standard InChI is InChI=1S/C12H23N3O/c1-9-6-14-10(7-13-9)11(16)15-5-4-12(2,3)8-15/h9-10,13-14H,4-8H2,1-3H3. The van der Waals surface area contributed by atoms with Crippen LogP contribution in [-0.2, 0) is 4.79 Å². The van der Waals surface area contributed by atoms with Crippen molar-refractivity contribution in [2.75, 3.05) is 26.2 Å². The lowest BCUT2D eigenvalue weighted by Gasteiger charge is -2.31. The van der Waals surface area contributed by atoms with Crippen LogP contribution in [0.3, 0.4) is 0 Å². The lowest BCUT2D eigenvalue weighted by molar-refractivity contribution is -0.133. The van der Waals surface area contributed by atoms with E-state index in [0.29, 0.717) is 11.5 Å². The van der Waals surface area contributed by atoms with Gasteiger partial charge in [-0.1, -0.05) is 13.8 Å². The lowest BCUT2D eigenvalue weighted by Crippen LogP contribution is -2.59. The van der Waals surface area contributed by atoms with E-state index in [-0.39, 0.29) is 11.9 Å². The SMILES string of the molecule is CC1CNC(C(=O)N2CCC(C)(C)C2)CN1. The molecule has 1 amide bonds. The van der Waals surface area contributed by atoms with Gasteiger partial charge in [0.05, 0.1) is 6.04 Å². The van der Waals surface area contributed by atoms with Crippen molar-refractivity contribution in [1.29, 1.82) is 0 Å². The summed E-state index contributed by atoms with van der Waals surface area (Å²) in [5.74, 6) is 0.268. The van der Waals surface area contributed by atoms with E-state index in [2.05, 4.69) is 31.4 Å². The Hall–Kier alpha value is -0.610. The molecule has 2 saturated heterocycles. The maximum absolute atomic E-state index is 12.2. The van der Waals surface area contributed by atoms with Crippen molar-refractivity contribution in [3.05, 3.63) is 0 Å². The van der Waals surface area contributed by atoms with Crippen molar-refractivity contribution < 1.29 is 4.79 Å². The van der Waals surface area contributed by atoms with Gasteiger partial charge in [-0.05, 0) is 18.8 Å². The molecule has 2 aliphatic rings. The van der Waals surface area contributed by atoms with Gasteiger partial charge in [0.2, 0.25) is 5.91 Å². The first kappa shape index (κ1) is 11.9. The molecule has 0 radical (unpaired) electrons. The molecule has 0 aliphatic carbocycles. The molecule has 2 heterocycles. The summed E-state index contributed by atoms with van der Waals surface area (Å²) in [6.45, 7) is 10.1. The second-order valence-corrected chi connectivity index (χ2v) is 5.94. The van der Waals surface area contributed by atoms with Crippen molar-refractivity contribution in [3.8, 4) is 0 Å². The Morgan fingerprint density at radius 1 is 1.31 bits per heavy atom. The second-order valence-electron chi connectivity index (χ2n) is 5.94. The van der Waals surface area contributed by atoms with Crippen LogP contribution in [0.1, 0.15) is 27.2 Å². The van der Waals surface area contributed by atoms with Crippen LogP contribution in [-0.4, -0.2) is 49.1 Å². The Kier molecular flexibility index (Phi) is 3.22. The van der Waals surface area contributed by atoms with E-state index in [1.54, 1.807) is 0 Å². The first-order chi connectivity index (χ1) is 7.48. The molecule has 0 aromatic rings. The zero-order valence-corrected chi connectivity index (χ0v) is 10.5. The number of nitrogens with one attached hydrogen (secondary N) is 2. The molecular formula is C12H23N3O. The fourth-order valence-corrected chi connectivity index (χ4v) is 2.48. The van der Waals surface area contributed by atoms with E-state index in [1.807, 2.05) is 4.90 Å². The van der Waals surface area contributed by atoms with Crippen LogP contribution in [0.15, 0.2) is 0 Å². The molecule has 4 nitrogen and oxygen atoms in total. The fourth-order valence-electron chi connectivity index (χ4n) is 2.48. The van der Waals surface area contributed by atoms with Gasteiger partial charge in [-0.25, -0.2) is 0 Å². The molecule has 2 unspecified atom stereocenters. The Labute approximate surface area is 97.8 Å². The smallest absolute Gasteiger partial charge is 0.241 e. The van der Waals surface area contributed by atoms with Gasteiger partial charge in [0.25, 0.3) is 0 Å². The van der Waals surface area contributed by atoms with Gasteiger partial charge in [-0.2, -0.15) is 0 Å². The Morgan fingerprint density at radius 2 is 2.06 bits per heavy atom. The Bertz CT molecular complexity index is 269. The number of hydrogen-bond donors (Lipinski definition) is 2. The van der Waals surface area contributed by atoms with Crippen molar-refractivity contribution in [1.82, 2.24) is 15.5 Å². The zero-order valence-electron chi connectivity index (χ0n) is 10.5. The number of carbonyl (C=O) groups excluding carboxylic acids is 1. The number of nitrogens with zero attached hydrogens (tertiary/aromatic N) is 1. The topological polar surface area (TPSA) is 44.4 Å². The largest absolute Gasteiger partial charge is 0.341 e. The van der Waals surface area contributed by atoms with E-state index < -0.39 is 0 Å². The predicted molar refractivity (Wildman–Crippen MR) is 64.2 cm³/mol. The van der Waals surface area contributed by atoms with E-state index in [0.717, 1.165) is 32.6 Å². The zero-order chi connectivity index (χ0) is 11.8. The molecule has 2 rings (SSSR count). The van der Waals surface area contributed by atoms with Gasteiger partial charge in [0, 0.05) is 32.2 Å². The molecule has 4 heteroatoms. The Balaban J connectivity index is 1.89. The van der Waals surface area contributed by atoms with Crippen molar-refractivity contribution in [2.24, 2.45) is 5.41 Å². The van der Waals surface area contributed by atoms with Gasteiger partial charge in [-0.3, -0.25) is 4.79 Å². The average Bonchev–Trinajstić information content (AvgIpc) is 2.59. The third kappa shape index (κ3) is 2.55. The monoisotopic (exact) mass is 225 g/mol. The summed E-state index contributed by atoms with van der Waals surface area (Å²) in [5.41, 5.74) is 0.297. The lowest BCUT2D eigenvalue weighted by atomic mass is 9.93. The maximum atomic E-state index is 12.2. The number of piperazine rings is 1. The van der Waals surface area contributed by atoms with Gasteiger partial charge in [0.1, 0.15) is 0 Å². The molecule has 0 spiro atoms. The molecule has 0 aromatic heterocycles. The number of hydrogen-bond acceptors (Lipinski definition) is 3. The number of likely N-dealkylation sites (tertiary alicyclic amines) is 1. The van der Waals surface area contributed by atoms with Crippen LogP contribution in [0, 0.1) is 5.41 Å². The summed E-state index contributed by atoms with van der Waals surface area (Å²) < 4.78 is 0. The Morgan fingerprint density at radius 3 is 2.56 bits per heavy atom. The molecule has 16 heavy (non-hydrogen) atoms. The summed E-state index contributed by atoms with van der Waals surface area (Å²) in [5, 5.41) is 6.67. The van der Waals surface area contributed by atoms with Crippen LogP contribution in [0.4, 0.5) is 0 Å². The normalized spacial score (nSPS) is 34.1. The molecule has 92 valence electrons. The summed E-state index contributed by atoms with van der Waals surface area (Å²) >= 11 is 0. The fraction of sp³-hybridized carbons (Fsp3) is 0.917. The summed E-state index contributed by atoms with van der Waals surface area (Å²) in [6.07, 6.45) is 1.12. The van der Waals surface area contributed by atoms with E-state index in [1.165, 1.54) is 0 Å². The maximum Gasteiger partial charge on any atom is 0.241 e.